The van der Waals surface area contributed by atoms with Gasteiger partial charge >= 0.3 is 5.97 Å². The number of rotatable bonds is 2. The molecule has 1 aliphatic heterocycles. The van der Waals surface area contributed by atoms with Crippen molar-refractivity contribution in [1.29, 1.82) is 0 Å². The average molecular weight is 183 g/mol. The van der Waals surface area contributed by atoms with E-state index in [2.05, 4.69) is 6.58 Å². The SMILES string of the molecule is C=C(C)C(=O)N1CCC[C@H]1C(=O)O. The van der Waals surface area contributed by atoms with Crippen molar-refractivity contribution in [3.05, 3.63) is 12.2 Å². The maximum absolute atomic E-state index is 11.4. The van der Waals surface area contributed by atoms with Crippen LogP contribution < -0.4 is 0 Å². The molecule has 0 aromatic heterocycles. The van der Waals surface area contributed by atoms with E-state index in [1.165, 1.54) is 4.90 Å². The predicted octanol–water partition coefficient (Wildman–Crippen LogP) is 0.638. The highest BCUT2D eigenvalue weighted by molar-refractivity contribution is 5.95. The molecule has 1 atom stereocenters. The van der Waals surface area contributed by atoms with Gasteiger partial charge < -0.3 is 10.0 Å². The summed E-state index contributed by atoms with van der Waals surface area (Å²) in [4.78, 5) is 23.5. The molecule has 0 saturated carbocycles. The monoisotopic (exact) mass is 183 g/mol. The Labute approximate surface area is 76.8 Å². The van der Waals surface area contributed by atoms with Crippen LogP contribution in [0.4, 0.5) is 0 Å². The lowest BCUT2D eigenvalue weighted by atomic mass is 10.2. The fraction of sp³-hybridized carbons (Fsp3) is 0.556. The number of hydrogen-bond acceptors (Lipinski definition) is 2. The van der Waals surface area contributed by atoms with E-state index in [9.17, 15) is 9.59 Å². The van der Waals surface area contributed by atoms with Crippen molar-refractivity contribution in [2.45, 2.75) is 25.8 Å². The summed E-state index contributed by atoms with van der Waals surface area (Å²) in [5, 5.41) is 8.79. The molecule has 0 radical (unpaired) electrons. The van der Waals surface area contributed by atoms with Gasteiger partial charge in [0, 0.05) is 12.1 Å². The Bertz CT molecular complexity index is 260. The second kappa shape index (κ2) is 3.60. The van der Waals surface area contributed by atoms with Crippen molar-refractivity contribution in [3.8, 4) is 0 Å². The van der Waals surface area contributed by atoms with Gasteiger partial charge in [-0.15, -0.1) is 0 Å². The highest BCUT2D eigenvalue weighted by Gasteiger charge is 2.33. The molecule has 0 spiro atoms. The van der Waals surface area contributed by atoms with E-state index in [0.717, 1.165) is 6.42 Å². The molecule has 1 rings (SSSR count). The molecule has 0 aliphatic carbocycles. The molecule has 1 heterocycles. The van der Waals surface area contributed by atoms with Crippen LogP contribution in [0.5, 0.6) is 0 Å². The highest BCUT2D eigenvalue weighted by atomic mass is 16.4. The van der Waals surface area contributed by atoms with Gasteiger partial charge in [0.15, 0.2) is 0 Å². The molecular formula is C9H13NO3. The zero-order valence-electron chi connectivity index (χ0n) is 7.62. The normalized spacial score (nSPS) is 21.6. The van der Waals surface area contributed by atoms with E-state index in [-0.39, 0.29) is 5.91 Å². The number of aliphatic carboxylic acids is 1. The van der Waals surface area contributed by atoms with E-state index in [1.54, 1.807) is 6.92 Å². The molecule has 1 aliphatic rings. The van der Waals surface area contributed by atoms with Crippen LogP contribution in [-0.4, -0.2) is 34.5 Å². The topological polar surface area (TPSA) is 57.6 Å². The van der Waals surface area contributed by atoms with Gasteiger partial charge in [0.1, 0.15) is 6.04 Å². The second-order valence-electron chi connectivity index (χ2n) is 3.28. The van der Waals surface area contributed by atoms with Crippen LogP contribution in [-0.2, 0) is 9.59 Å². The number of nitrogens with zero attached hydrogens (tertiary/aromatic N) is 1. The summed E-state index contributed by atoms with van der Waals surface area (Å²) in [6, 6.07) is -0.649. The molecule has 0 aromatic rings. The molecule has 1 N–H and O–H groups in total. The molecule has 13 heavy (non-hydrogen) atoms. The van der Waals surface area contributed by atoms with Crippen molar-refractivity contribution in [2.24, 2.45) is 0 Å². The van der Waals surface area contributed by atoms with Crippen LogP contribution in [0.1, 0.15) is 19.8 Å². The Kier molecular flexibility index (Phi) is 2.70. The molecule has 0 unspecified atom stereocenters. The van der Waals surface area contributed by atoms with Gasteiger partial charge in [-0.05, 0) is 19.8 Å². The minimum Gasteiger partial charge on any atom is -0.480 e. The zero-order valence-corrected chi connectivity index (χ0v) is 7.62. The molecular weight excluding hydrogens is 170 g/mol. The van der Waals surface area contributed by atoms with Crippen LogP contribution in [0.15, 0.2) is 12.2 Å². The third-order valence-corrected chi connectivity index (χ3v) is 2.16. The fourth-order valence-corrected chi connectivity index (χ4v) is 1.51. The number of hydrogen-bond donors (Lipinski definition) is 1. The van der Waals surface area contributed by atoms with Crippen molar-refractivity contribution in [3.63, 3.8) is 0 Å². The quantitative estimate of drug-likeness (QED) is 0.639. The van der Waals surface area contributed by atoms with Gasteiger partial charge in [-0.25, -0.2) is 4.79 Å². The van der Waals surface area contributed by atoms with Crippen LogP contribution in [0.2, 0.25) is 0 Å². The van der Waals surface area contributed by atoms with Crippen molar-refractivity contribution in [1.82, 2.24) is 4.90 Å². The lowest BCUT2D eigenvalue weighted by Crippen LogP contribution is -2.40. The van der Waals surface area contributed by atoms with Gasteiger partial charge in [0.25, 0.3) is 0 Å². The fourth-order valence-electron chi connectivity index (χ4n) is 1.51. The Morgan fingerprint density at radius 1 is 1.54 bits per heavy atom. The highest BCUT2D eigenvalue weighted by Crippen LogP contribution is 2.19. The minimum absolute atomic E-state index is 0.245. The van der Waals surface area contributed by atoms with E-state index in [4.69, 9.17) is 5.11 Å². The first kappa shape index (κ1) is 9.77. The zero-order chi connectivity index (χ0) is 10.0. The molecule has 72 valence electrons. The van der Waals surface area contributed by atoms with Gasteiger partial charge in [-0.3, -0.25) is 4.79 Å². The van der Waals surface area contributed by atoms with Crippen LogP contribution >= 0.6 is 0 Å². The molecule has 0 bridgehead atoms. The predicted molar refractivity (Wildman–Crippen MR) is 47.2 cm³/mol. The van der Waals surface area contributed by atoms with Gasteiger partial charge in [-0.1, -0.05) is 6.58 Å². The lowest BCUT2D eigenvalue weighted by molar-refractivity contribution is -0.146. The van der Waals surface area contributed by atoms with E-state index in [1.807, 2.05) is 0 Å². The van der Waals surface area contributed by atoms with Crippen molar-refractivity contribution < 1.29 is 14.7 Å². The third-order valence-electron chi connectivity index (χ3n) is 2.16. The number of carboxylic acids is 1. The van der Waals surface area contributed by atoms with Crippen LogP contribution in [0.3, 0.4) is 0 Å². The van der Waals surface area contributed by atoms with Gasteiger partial charge in [0.2, 0.25) is 5.91 Å². The van der Waals surface area contributed by atoms with Crippen molar-refractivity contribution in [2.75, 3.05) is 6.54 Å². The largest absolute Gasteiger partial charge is 0.480 e. The average Bonchev–Trinajstić information content (AvgIpc) is 2.50. The van der Waals surface area contributed by atoms with E-state index in [0.29, 0.717) is 18.5 Å². The summed E-state index contributed by atoms with van der Waals surface area (Å²) in [5.41, 5.74) is 0.396. The Balaban J connectivity index is 2.74. The van der Waals surface area contributed by atoms with Gasteiger partial charge in [0.05, 0.1) is 0 Å². The summed E-state index contributed by atoms with van der Waals surface area (Å²) >= 11 is 0. The summed E-state index contributed by atoms with van der Waals surface area (Å²) < 4.78 is 0. The number of amides is 1. The first-order chi connectivity index (χ1) is 6.04. The second-order valence-corrected chi connectivity index (χ2v) is 3.28. The molecule has 4 heteroatoms. The van der Waals surface area contributed by atoms with E-state index < -0.39 is 12.0 Å². The Morgan fingerprint density at radius 2 is 2.15 bits per heavy atom. The molecule has 0 aromatic carbocycles. The summed E-state index contributed by atoms with van der Waals surface area (Å²) in [7, 11) is 0. The standard InChI is InChI=1S/C9H13NO3/c1-6(2)8(11)10-5-3-4-7(10)9(12)13/h7H,1,3-5H2,2H3,(H,12,13)/t7-/m0/s1. The Hall–Kier alpha value is -1.32. The number of carbonyl (C=O) groups excluding carboxylic acids is 1. The maximum atomic E-state index is 11.4. The number of likely N-dealkylation sites (tertiary alicyclic amines) is 1. The lowest BCUT2D eigenvalue weighted by Gasteiger charge is -2.21. The molecule has 1 amide bonds. The first-order valence-corrected chi connectivity index (χ1v) is 4.23. The summed E-state index contributed by atoms with van der Waals surface area (Å²) in [6.45, 7) is 5.64. The minimum atomic E-state index is -0.924. The van der Waals surface area contributed by atoms with Crippen molar-refractivity contribution >= 4 is 11.9 Å². The van der Waals surface area contributed by atoms with Crippen LogP contribution in [0.25, 0.3) is 0 Å². The molecule has 1 fully saturated rings. The first-order valence-electron chi connectivity index (χ1n) is 4.23. The third kappa shape index (κ3) is 1.88. The van der Waals surface area contributed by atoms with E-state index >= 15 is 0 Å². The molecule has 4 nitrogen and oxygen atoms in total. The number of carbonyl (C=O) groups is 2. The summed E-state index contributed by atoms with van der Waals surface area (Å²) in [5.74, 6) is -1.17. The molecule has 1 saturated heterocycles. The van der Waals surface area contributed by atoms with Gasteiger partial charge in [-0.2, -0.15) is 0 Å². The smallest absolute Gasteiger partial charge is 0.326 e. The van der Waals surface area contributed by atoms with Crippen LogP contribution in [0, 0.1) is 0 Å². The summed E-state index contributed by atoms with van der Waals surface area (Å²) in [6.07, 6.45) is 1.31. The number of carboxylic acid groups (broad SMARTS) is 1. The Morgan fingerprint density at radius 3 is 2.62 bits per heavy atom. The maximum Gasteiger partial charge on any atom is 0.326 e.